The highest BCUT2D eigenvalue weighted by Crippen LogP contribution is 2.16. The fourth-order valence-corrected chi connectivity index (χ4v) is 3.94. The lowest BCUT2D eigenvalue weighted by atomic mass is 10.1. The van der Waals surface area contributed by atoms with Crippen LogP contribution in [0.5, 0.6) is 0 Å². The molecule has 1 saturated heterocycles. The van der Waals surface area contributed by atoms with Gasteiger partial charge < -0.3 is 10.2 Å². The quantitative estimate of drug-likeness (QED) is 0.820. The van der Waals surface area contributed by atoms with E-state index in [1.54, 1.807) is 12.1 Å². The summed E-state index contributed by atoms with van der Waals surface area (Å²) in [5, 5.41) is 2.87. The Morgan fingerprint density at radius 2 is 1.80 bits per heavy atom. The number of hydrogen-bond donors (Lipinski definition) is 1. The Hall–Kier alpha value is -1.79. The first kappa shape index (κ1) is 18.0. The first-order valence-corrected chi connectivity index (χ1v) is 10.1. The molecule has 0 radical (unpaired) electrons. The van der Waals surface area contributed by atoms with Crippen LogP contribution in [0.3, 0.4) is 0 Å². The van der Waals surface area contributed by atoms with E-state index >= 15 is 0 Å². The second-order valence-electron chi connectivity index (χ2n) is 5.83. The molecule has 25 heavy (non-hydrogen) atoms. The maximum Gasteiger partial charge on any atom is 0.255 e. The number of hydrogen-bond acceptors (Lipinski definition) is 3. The maximum atomic E-state index is 12.3. The van der Waals surface area contributed by atoms with Gasteiger partial charge in [0.1, 0.15) is 0 Å². The first-order valence-electron chi connectivity index (χ1n) is 8.13. The van der Waals surface area contributed by atoms with Crippen molar-refractivity contribution < 1.29 is 9.59 Å². The van der Waals surface area contributed by atoms with E-state index in [4.69, 9.17) is 0 Å². The second kappa shape index (κ2) is 8.54. The molecule has 2 aromatic carbocycles. The van der Waals surface area contributed by atoms with Crippen molar-refractivity contribution in [3.63, 3.8) is 0 Å². The molecule has 3 rings (SSSR count). The minimum Gasteiger partial charge on any atom is -0.341 e. The van der Waals surface area contributed by atoms with Crippen LogP contribution in [0.2, 0.25) is 0 Å². The summed E-state index contributed by atoms with van der Waals surface area (Å²) < 4.78 is 0.866. The van der Waals surface area contributed by atoms with Crippen molar-refractivity contribution in [2.45, 2.75) is 6.42 Å². The van der Waals surface area contributed by atoms with Gasteiger partial charge in [0.05, 0.1) is 6.42 Å². The number of thioether (sulfide) groups is 1. The van der Waals surface area contributed by atoms with Crippen LogP contribution >= 0.6 is 27.7 Å². The van der Waals surface area contributed by atoms with Gasteiger partial charge in [0.15, 0.2) is 0 Å². The zero-order valence-corrected chi connectivity index (χ0v) is 16.1. The molecule has 0 bridgehead atoms. The first-order chi connectivity index (χ1) is 12.1. The summed E-state index contributed by atoms with van der Waals surface area (Å²) in [7, 11) is 0. The fourth-order valence-electron chi connectivity index (χ4n) is 2.64. The number of anilines is 1. The van der Waals surface area contributed by atoms with E-state index in [-0.39, 0.29) is 11.8 Å². The van der Waals surface area contributed by atoms with Gasteiger partial charge >= 0.3 is 0 Å². The van der Waals surface area contributed by atoms with Crippen molar-refractivity contribution in [3.05, 3.63) is 64.1 Å². The molecule has 2 aromatic rings. The molecule has 1 aliphatic rings. The lowest BCUT2D eigenvalue weighted by Crippen LogP contribution is -2.38. The maximum absolute atomic E-state index is 12.3. The number of halogens is 1. The average molecular weight is 419 g/mol. The standard InChI is InChI=1S/C19H19BrN2O2S/c20-16-3-1-2-15(13-16)19(24)21-17-6-4-14(5-7-17)12-18(23)22-8-10-25-11-9-22/h1-7,13H,8-12H2,(H,21,24). The van der Waals surface area contributed by atoms with Crippen molar-refractivity contribution in [1.29, 1.82) is 0 Å². The van der Waals surface area contributed by atoms with Crippen LogP contribution in [0.25, 0.3) is 0 Å². The van der Waals surface area contributed by atoms with E-state index in [1.165, 1.54) is 0 Å². The molecule has 1 fully saturated rings. The van der Waals surface area contributed by atoms with E-state index in [0.717, 1.165) is 40.3 Å². The van der Waals surface area contributed by atoms with Gasteiger partial charge in [-0.1, -0.05) is 34.1 Å². The van der Waals surface area contributed by atoms with Crippen molar-refractivity contribution in [3.8, 4) is 0 Å². The summed E-state index contributed by atoms with van der Waals surface area (Å²) in [6.07, 6.45) is 0.407. The van der Waals surface area contributed by atoms with Crippen LogP contribution < -0.4 is 5.32 Å². The van der Waals surface area contributed by atoms with Crippen LogP contribution in [0.15, 0.2) is 53.0 Å². The largest absolute Gasteiger partial charge is 0.341 e. The van der Waals surface area contributed by atoms with Gasteiger partial charge in [0.2, 0.25) is 5.91 Å². The van der Waals surface area contributed by atoms with Gasteiger partial charge in [0.25, 0.3) is 5.91 Å². The van der Waals surface area contributed by atoms with Crippen LogP contribution in [-0.2, 0) is 11.2 Å². The Morgan fingerprint density at radius 1 is 1.08 bits per heavy atom. The Bertz CT molecular complexity index is 758. The van der Waals surface area contributed by atoms with E-state index in [9.17, 15) is 9.59 Å². The van der Waals surface area contributed by atoms with E-state index < -0.39 is 0 Å². The number of carbonyl (C=O) groups is 2. The average Bonchev–Trinajstić information content (AvgIpc) is 2.64. The van der Waals surface area contributed by atoms with Gasteiger partial charge in [-0.25, -0.2) is 0 Å². The second-order valence-corrected chi connectivity index (χ2v) is 7.97. The zero-order valence-electron chi connectivity index (χ0n) is 13.7. The Morgan fingerprint density at radius 3 is 2.48 bits per heavy atom. The third-order valence-electron chi connectivity index (χ3n) is 4.02. The molecule has 0 spiro atoms. The van der Waals surface area contributed by atoms with Gasteiger partial charge in [-0.2, -0.15) is 11.8 Å². The lowest BCUT2D eigenvalue weighted by Gasteiger charge is -2.26. The predicted octanol–water partition coefficient (Wildman–Crippen LogP) is 3.82. The molecule has 1 N–H and O–H groups in total. The molecule has 0 saturated carbocycles. The fraction of sp³-hybridized carbons (Fsp3) is 0.263. The molecule has 130 valence electrons. The number of amides is 2. The normalized spacial score (nSPS) is 14.2. The topological polar surface area (TPSA) is 49.4 Å². The van der Waals surface area contributed by atoms with Crippen LogP contribution in [-0.4, -0.2) is 41.3 Å². The molecule has 2 amide bonds. The monoisotopic (exact) mass is 418 g/mol. The minimum atomic E-state index is -0.157. The Balaban J connectivity index is 1.58. The summed E-state index contributed by atoms with van der Waals surface area (Å²) in [6.45, 7) is 1.68. The van der Waals surface area contributed by atoms with E-state index in [0.29, 0.717) is 12.0 Å². The molecule has 4 nitrogen and oxygen atoms in total. The highest BCUT2D eigenvalue weighted by Gasteiger charge is 2.16. The van der Waals surface area contributed by atoms with Crippen LogP contribution in [0.1, 0.15) is 15.9 Å². The molecular formula is C19H19BrN2O2S. The summed E-state index contributed by atoms with van der Waals surface area (Å²) in [4.78, 5) is 26.5. The summed E-state index contributed by atoms with van der Waals surface area (Å²) in [6, 6.07) is 14.7. The molecule has 0 unspecified atom stereocenters. The third kappa shape index (κ3) is 5.09. The van der Waals surface area contributed by atoms with Crippen molar-refractivity contribution in [2.24, 2.45) is 0 Å². The van der Waals surface area contributed by atoms with E-state index in [1.807, 2.05) is 53.1 Å². The van der Waals surface area contributed by atoms with Gasteiger partial charge in [0, 0.05) is 40.3 Å². The molecule has 0 atom stereocenters. The highest BCUT2D eigenvalue weighted by molar-refractivity contribution is 9.10. The molecular weight excluding hydrogens is 400 g/mol. The number of carbonyl (C=O) groups excluding carboxylic acids is 2. The number of rotatable bonds is 4. The SMILES string of the molecule is O=C(Nc1ccc(CC(=O)N2CCSCC2)cc1)c1cccc(Br)c1. The molecule has 1 heterocycles. The minimum absolute atomic E-state index is 0.157. The number of nitrogens with one attached hydrogen (secondary N) is 1. The summed E-state index contributed by atoms with van der Waals surface area (Å²) in [5.74, 6) is 2.06. The molecule has 0 aromatic heterocycles. The number of nitrogens with zero attached hydrogens (tertiary/aromatic N) is 1. The van der Waals surface area contributed by atoms with Crippen LogP contribution in [0, 0.1) is 0 Å². The highest BCUT2D eigenvalue weighted by atomic mass is 79.9. The van der Waals surface area contributed by atoms with Gasteiger partial charge in [-0.15, -0.1) is 0 Å². The lowest BCUT2D eigenvalue weighted by molar-refractivity contribution is -0.130. The van der Waals surface area contributed by atoms with Crippen molar-refractivity contribution >= 4 is 45.2 Å². The summed E-state index contributed by atoms with van der Waals surface area (Å²) in [5.41, 5.74) is 2.27. The zero-order chi connectivity index (χ0) is 17.6. The van der Waals surface area contributed by atoms with Crippen LogP contribution in [0.4, 0.5) is 5.69 Å². The predicted molar refractivity (Wildman–Crippen MR) is 106 cm³/mol. The van der Waals surface area contributed by atoms with Gasteiger partial charge in [-0.05, 0) is 35.9 Å². The van der Waals surface area contributed by atoms with Gasteiger partial charge in [-0.3, -0.25) is 9.59 Å². The Kier molecular flexibility index (Phi) is 6.15. The van der Waals surface area contributed by atoms with Crippen molar-refractivity contribution in [1.82, 2.24) is 4.90 Å². The molecule has 0 aliphatic carbocycles. The van der Waals surface area contributed by atoms with Crippen molar-refractivity contribution in [2.75, 3.05) is 29.9 Å². The Labute approximate surface area is 160 Å². The summed E-state index contributed by atoms with van der Waals surface area (Å²) >= 11 is 5.26. The smallest absolute Gasteiger partial charge is 0.255 e. The third-order valence-corrected chi connectivity index (χ3v) is 5.45. The number of benzene rings is 2. The molecule has 1 aliphatic heterocycles. The van der Waals surface area contributed by atoms with E-state index in [2.05, 4.69) is 21.2 Å². The molecule has 6 heteroatoms.